The van der Waals surface area contributed by atoms with Crippen molar-refractivity contribution in [2.45, 2.75) is 64.5 Å². The van der Waals surface area contributed by atoms with Gasteiger partial charge in [-0.1, -0.05) is 0 Å². The zero-order chi connectivity index (χ0) is 17.2. The molecule has 3 saturated heterocycles. The smallest absolute Gasteiger partial charge is 0.410 e. The van der Waals surface area contributed by atoms with Gasteiger partial charge in [0.2, 0.25) is 0 Å². The van der Waals surface area contributed by atoms with Crippen molar-refractivity contribution in [2.75, 3.05) is 45.8 Å². The van der Waals surface area contributed by atoms with Gasteiger partial charge in [-0.2, -0.15) is 0 Å². The molecule has 3 rings (SSSR count). The second-order valence-electron chi connectivity index (χ2n) is 8.88. The van der Waals surface area contributed by atoms with Gasteiger partial charge in [0.25, 0.3) is 0 Å². The first-order valence-corrected chi connectivity index (χ1v) is 9.85. The molecular weight excluding hydrogens is 302 g/mol. The van der Waals surface area contributed by atoms with Crippen LogP contribution in [0.4, 0.5) is 4.79 Å². The number of nitrogens with zero attached hydrogens (tertiary/aromatic N) is 3. The van der Waals surface area contributed by atoms with E-state index in [0.717, 1.165) is 32.1 Å². The molecule has 0 N–H and O–H groups in total. The average molecular weight is 338 g/mol. The third kappa shape index (κ3) is 4.85. The molecule has 0 radical (unpaired) electrons. The molecule has 0 bridgehead atoms. The fourth-order valence-electron chi connectivity index (χ4n) is 4.41. The summed E-state index contributed by atoms with van der Waals surface area (Å²) < 4.78 is 5.52. The standard InChI is InChI=1S/C19H35N3O2/c1-19(2,3)24-18(23)22-12-8-16(14-22)13-21-11-6-7-17(21)15-20-9-4-5-10-20/h16-17H,4-15H2,1-3H3. The number of carbonyl (C=O) groups is 1. The fraction of sp³-hybridized carbons (Fsp3) is 0.947. The van der Waals surface area contributed by atoms with Gasteiger partial charge >= 0.3 is 6.09 Å². The minimum atomic E-state index is -0.398. The maximum Gasteiger partial charge on any atom is 0.410 e. The molecule has 3 aliphatic heterocycles. The van der Waals surface area contributed by atoms with Crippen molar-refractivity contribution in [1.82, 2.24) is 14.7 Å². The minimum Gasteiger partial charge on any atom is -0.444 e. The van der Waals surface area contributed by atoms with Crippen molar-refractivity contribution in [3.8, 4) is 0 Å². The maximum atomic E-state index is 12.2. The molecule has 2 atom stereocenters. The number of ether oxygens (including phenoxy) is 1. The summed E-state index contributed by atoms with van der Waals surface area (Å²) in [7, 11) is 0. The molecule has 2 unspecified atom stereocenters. The number of likely N-dealkylation sites (tertiary alicyclic amines) is 3. The van der Waals surface area contributed by atoms with E-state index in [1.807, 2.05) is 25.7 Å². The molecule has 3 aliphatic rings. The van der Waals surface area contributed by atoms with Gasteiger partial charge in [0, 0.05) is 32.2 Å². The third-order valence-corrected chi connectivity index (χ3v) is 5.60. The van der Waals surface area contributed by atoms with Crippen LogP contribution in [0.1, 0.15) is 52.9 Å². The van der Waals surface area contributed by atoms with Gasteiger partial charge in [-0.25, -0.2) is 4.79 Å². The van der Waals surface area contributed by atoms with Crippen LogP contribution in [0.15, 0.2) is 0 Å². The fourth-order valence-corrected chi connectivity index (χ4v) is 4.41. The normalized spacial score (nSPS) is 29.5. The Labute approximate surface area is 147 Å². The SMILES string of the molecule is CC(C)(C)OC(=O)N1CCC(CN2CCCC2CN2CCCC2)C1. The predicted octanol–water partition coefficient (Wildman–Crippen LogP) is 2.80. The Bertz CT molecular complexity index is 429. The average Bonchev–Trinajstić information content (AvgIpc) is 3.21. The monoisotopic (exact) mass is 337 g/mol. The minimum absolute atomic E-state index is 0.139. The van der Waals surface area contributed by atoms with E-state index in [4.69, 9.17) is 4.74 Å². The van der Waals surface area contributed by atoms with Gasteiger partial charge in [0.1, 0.15) is 5.60 Å². The lowest BCUT2D eigenvalue weighted by molar-refractivity contribution is 0.0284. The van der Waals surface area contributed by atoms with Crippen LogP contribution in [0, 0.1) is 5.92 Å². The Balaban J connectivity index is 1.45. The van der Waals surface area contributed by atoms with Gasteiger partial charge in [-0.3, -0.25) is 4.90 Å². The zero-order valence-corrected chi connectivity index (χ0v) is 15.8. The summed E-state index contributed by atoms with van der Waals surface area (Å²) in [5, 5.41) is 0. The van der Waals surface area contributed by atoms with Crippen molar-refractivity contribution in [3.05, 3.63) is 0 Å². The highest BCUT2D eigenvalue weighted by atomic mass is 16.6. The van der Waals surface area contributed by atoms with E-state index in [1.54, 1.807) is 0 Å². The number of hydrogen-bond donors (Lipinski definition) is 0. The summed E-state index contributed by atoms with van der Waals surface area (Å²) in [6.07, 6.45) is 6.41. The lowest BCUT2D eigenvalue weighted by Gasteiger charge is -2.30. The Morgan fingerprint density at radius 3 is 2.46 bits per heavy atom. The Kier molecular flexibility index (Phi) is 5.70. The van der Waals surface area contributed by atoms with E-state index in [9.17, 15) is 4.79 Å². The van der Waals surface area contributed by atoms with Crippen molar-refractivity contribution >= 4 is 6.09 Å². The van der Waals surface area contributed by atoms with Crippen LogP contribution in [0.2, 0.25) is 0 Å². The lowest BCUT2D eigenvalue weighted by Crippen LogP contribution is -2.42. The summed E-state index contributed by atoms with van der Waals surface area (Å²) in [4.78, 5) is 19.5. The first kappa shape index (κ1) is 18.0. The Morgan fingerprint density at radius 2 is 1.75 bits per heavy atom. The molecule has 138 valence electrons. The van der Waals surface area contributed by atoms with Crippen molar-refractivity contribution in [3.63, 3.8) is 0 Å². The molecular formula is C19H35N3O2. The molecule has 3 fully saturated rings. The van der Waals surface area contributed by atoms with Gasteiger partial charge in [0.15, 0.2) is 0 Å². The van der Waals surface area contributed by atoms with Crippen LogP contribution in [-0.2, 0) is 4.74 Å². The lowest BCUT2D eigenvalue weighted by atomic mass is 10.1. The molecule has 24 heavy (non-hydrogen) atoms. The molecule has 5 nitrogen and oxygen atoms in total. The second-order valence-corrected chi connectivity index (χ2v) is 8.88. The molecule has 1 amide bonds. The predicted molar refractivity (Wildman–Crippen MR) is 96.2 cm³/mol. The molecule has 0 aromatic rings. The summed E-state index contributed by atoms with van der Waals surface area (Å²) in [5.41, 5.74) is -0.398. The van der Waals surface area contributed by atoms with Crippen molar-refractivity contribution in [1.29, 1.82) is 0 Å². The number of hydrogen-bond acceptors (Lipinski definition) is 4. The third-order valence-electron chi connectivity index (χ3n) is 5.60. The topological polar surface area (TPSA) is 36.0 Å². The summed E-state index contributed by atoms with van der Waals surface area (Å²) in [6.45, 7) is 13.7. The molecule has 0 saturated carbocycles. The molecule has 3 heterocycles. The van der Waals surface area contributed by atoms with E-state index in [1.165, 1.54) is 51.9 Å². The quantitative estimate of drug-likeness (QED) is 0.790. The first-order chi connectivity index (χ1) is 11.4. The van der Waals surface area contributed by atoms with Gasteiger partial charge in [-0.05, 0) is 78.4 Å². The molecule has 0 aromatic carbocycles. The zero-order valence-electron chi connectivity index (χ0n) is 15.8. The number of carbonyl (C=O) groups excluding carboxylic acids is 1. The molecule has 5 heteroatoms. The summed E-state index contributed by atoms with van der Waals surface area (Å²) >= 11 is 0. The molecule has 0 spiro atoms. The summed E-state index contributed by atoms with van der Waals surface area (Å²) in [5.74, 6) is 0.608. The number of amides is 1. The molecule has 0 aliphatic carbocycles. The van der Waals surface area contributed by atoms with Crippen LogP contribution in [0.5, 0.6) is 0 Å². The van der Waals surface area contributed by atoms with Crippen LogP contribution >= 0.6 is 0 Å². The maximum absolute atomic E-state index is 12.2. The summed E-state index contributed by atoms with van der Waals surface area (Å²) in [6, 6.07) is 0.735. The van der Waals surface area contributed by atoms with E-state index >= 15 is 0 Å². The van der Waals surface area contributed by atoms with Crippen LogP contribution in [0.25, 0.3) is 0 Å². The van der Waals surface area contributed by atoms with E-state index in [2.05, 4.69) is 9.80 Å². The van der Waals surface area contributed by atoms with E-state index in [0.29, 0.717) is 5.92 Å². The highest BCUT2D eigenvalue weighted by Crippen LogP contribution is 2.25. The highest BCUT2D eigenvalue weighted by Gasteiger charge is 2.34. The van der Waals surface area contributed by atoms with Crippen molar-refractivity contribution < 1.29 is 9.53 Å². The van der Waals surface area contributed by atoms with Gasteiger partial charge in [-0.15, -0.1) is 0 Å². The van der Waals surface area contributed by atoms with E-state index in [-0.39, 0.29) is 6.09 Å². The van der Waals surface area contributed by atoms with Crippen molar-refractivity contribution in [2.24, 2.45) is 5.92 Å². The van der Waals surface area contributed by atoms with Gasteiger partial charge in [0.05, 0.1) is 0 Å². The number of rotatable bonds is 4. The van der Waals surface area contributed by atoms with E-state index < -0.39 is 5.60 Å². The Hall–Kier alpha value is -0.810. The van der Waals surface area contributed by atoms with Gasteiger partial charge < -0.3 is 14.5 Å². The van der Waals surface area contributed by atoms with Crippen LogP contribution < -0.4 is 0 Å². The largest absolute Gasteiger partial charge is 0.444 e. The molecule has 0 aromatic heterocycles. The Morgan fingerprint density at radius 1 is 1.00 bits per heavy atom. The van der Waals surface area contributed by atoms with Crippen LogP contribution in [-0.4, -0.2) is 78.2 Å². The first-order valence-electron chi connectivity index (χ1n) is 9.85. The second kappa shape index (κ2) is 7.61. The van der Waals surface area contributed by atoms with Crippen LogP contribution in [0.3, 0.4) is 0 Å². The highest BCUT2D eigenvalue weighted by molar-refractivity contribution is 5.68.